The molecule has 1 saturated heterocycles. The van der Waals surface area contributed by atoms with E-state index >= 15 is 0 Å². The minimum absolute atomic E-state index is 0.0410. The van der Waals surface area contributed by atoms with E-state index in [1.54, 1.807) is 13.1 Å². The third-order valence-electron chi connectivity index (χ3n) is 4.61. The molecule has 0 spiro atoms. The van der Waals surface area contributed by atoms with Crippen molar-refractivity contribution in [1.82, 2.24) is 20.1 Å². The number of amides is 3. The topological polar surface area (TPSA) is 86.6 Å². The second-order valence-electron chi connectivity index (χ2n) is 5.44. The standard InChI is InChI=1S/C12H14N4O3/c1-15-11(18)14-9-8-7(5-12(9,15)19)16-4-2-3-6(16)10(17)13-8/h2-4,7-9,19H,5H2,1H3,(H,13,17)(H,14,18). The lowest BCUT2D eigenvalue weighted by atomic mass is 10.1. The van der Waals surface area contributed by atoms with Crippen LogP contribution in [0.3, 0.4) is 0 Å². The zero-order chi connectivity index (χ0) is 13.4. The normalized spacial score (nSPS) is 39.5. The van der Waals surface area contributed by atoms with Gasteiger partial charge in [0, 0.05) is 19.7 Å². The van der Waals surface area contributed by atoms with Crippen molar-refractivity contribution in [3.63, 3.8) is 0 Å². The van der Waals surface area contributed by atoms with Crippen LogP contribution in [0.25, 0.3) is 0 Å². The summed E-state index contributed by atoms with van der Waals surface area (Å²) < 4.78 is 1.89. The molecule has 4 rings (SSSR count). The molecule has 7 heteroatoms. The molecule has 1 aromatic rings. The minimum Gasteiger partial charge on any atom is -0.368 e. The molecule has 3 heterocycles. The first-order valence-electron chi connectivity index (χ1n) is 6.27. The Kier molecular flexibility index (Phi) is 1.78. The number of likely N-dealkylation sites (N-methyl/N-ethyl adjacent to an activating group) is 1. The number of nitrogens with zero attached hydrogens (tertiary/aromatic N) is 2. The van der Waals surface area contributed by atoms with Gasteiger partial charge in [0.25, 0.3) is 5.91 Å². The Morgan fingerprint density at radius 2 is 2.21 bits per heavy atom. The minimum atomic E-state index is -1.24. The molecule has 7 nitrogen and oxygen atoms in total. The van der Waals surface area contributed by atoms with E-state index in [1.807, 2.05) is 16.8 Å². The van der Waals surface area contributed by atoms with Gasteiger partial charge in [0.1, 0.15) is 11.7 Å². The molecule has 3 N–H and O–H groups in total. The zero-order valence-electron chi connectivity index (χ0n) is 10.3. The molecule has 0 radical (unpaired) electrons. The molecule has 100 valence electrons. The van der Waals surface area contributed by atoms with E-state index in [-0.39, 0.29) is 24.0 Å². The largest absolute Gasteiger partial charge is 0.368 e. The van der Waals surface area contributed by atoms with Gasteiger partial charge in [-0.3, -0.25) is 9.69 Å². The van der Waals surface area contributed by atoms with E-state index in [0.717, 1.165) is 0 Å². The predicted molar refractivity (Wildman–Crippen MR) is 64.4 cm³/mol. The van der Waals surface area contributed by atoms with Gasteiger partial charge in [-0.2, -0.15) is 0 Å². The summed E-state index contributed by atoms with van der Waals surface area (Å²) in [5, 5.41) is 16.4. The molecule has 3 amide bonds. The highest BCUT2D eigenvalue weighted by Crippen LogP contribution is 2.44. The third kappa shape index (κ3) is 1.11. The van der Waals surface area contributed by atoms with Crippen LogP contribution in [0.15, 0.2) is 18.3 Å². The molecule has 0 aromatic carbocycles. The van der Waals surface area contributed by atoms with Crippen LogP contribution >= 0.6 is 0 Å². The molecule has 19 heavy (non-hydrogen) atoms. The van der Waals surface area contributed by atoms with E-state index < -0.39 is 11.8 Å². The number of carbonyl (C=O) groups excluding carboxylic acids is 2. The summed E-state index contributed by atoms with van der Waals surface area (Å²) in [5.74, 6) is -0.167. The molecule has 1 aliphatic carbocycles. The first-order chi connectivity index (χ1) is 9.02. The highest BCUT2D eigenvalue weighted by Gasteiger charge is 2.63. The first-order valence-corrected chi connectivity index (χ1v) is 6.27. The summed E-state index contributed by atoms with van der Waals surface area (Å²) in [7, 11) is 1.57. The van der Waals surface area contributed by atoms with Gasteiger partial charge < -0.3 is 20.3 Å². The van der Waals surface area contributed by atoms with E-state index in [2.05, 4.69) is 10.6 Å². The molecule has 3 aliphatic rings. The quantitative estimate of drug-likeness (QED) is 0.575. The molecule has 1 aromatic heterocycles. The summed E-state index contributed by atoms with van der Waals surface area (Å²) in [6, 6.07) is 2.46. The van der Waals surface area contributed by atoms with E-state index in [4.69, 9.17) is 0 Å². The Bertz CT molecular complexity index is 598. The van der Waals surface area contributed by atoms with Crippen molar-refractivity contribution in [1.29, 1.82) is 0 Å². The van der Waals surface area contributed by atoms with Crippen molar-refractivity contribution in [2.24, 2.45) is 0 Å². The summed E-state index contributed by atoms with van der Waals surface area (Å²) in [6.45, 7) is 0. The van der Waals surface area contributed by atoms with Crippen molar-refractivity contribution < 1.29 is 14.7 Å². The average Bonchev–Trinajstić information content (AvgIpc) is 3.00. The van der Waals surface area contributed by atoms with Gasteiger partial charge in [-0.25, -0.2) is 4.79 Å². The van der Waals surface area contributed by atoms with Crippen LogP contribution in [-0.4, -0.2) is 51.4 Å². The maximum atomic E-state index is 12.0. The molecule has 2 aliphatic heterocycles. The highest BCUT2D eigenvalue weighted by molar-refractivity contribution is 5.94. The van der Waals surface area contributed by atoms with Gasteiger partial charge >= 0.3 is 6.03 Å². The van der Waals surface area contributed by atoms with Crippen LogP contribution in [0.1, 0.15) is 23.0 Å². The van der Waals surface area contributed by atoms with Crippen LogP contribution in [0.2, 0.25) is 0 Å². The van der Waals surface area contributed by atoms with Gasteiger partial charge in [-0.15, -0.1) is 0 Å². The first kappa shape index (κ1) is 10.9. The number of aliphatic hydroxyl groups is 1. The zero-order valence-corrected chi connectivity index (χ0v) is 10.3. The molecule has 1 saturated carbocycles. The number of rotatable bonds is 0. The van der Waals surface area contributed by atoms with Gasteiger partial charge in [0.15, 0.2) is 5.72 Å². The van der Waals surface area contributed by atoms with E-state index in [9.17, 15) is 14.7 Å². The monoisotopic (exact) mass is 262 g/mol. The number of nitrogens with one attached hydrogen (secondary N) is 2. The van der Waals surface area contributed by atoms with Crippen molar-refractivity contribution in [2.75, 3.05) is 7.05 Å². The number of fused-ring (bicyclic) bond motifs is 5. The molecule has 2 fully saturated rings. The van der Waals surface area contributed by atoms with Crippen molar-refractivity contribution in [3.8, 4) is 0 Å². The number of carbonyl (C=O) groups is 2. The Hall–Kier alpha value is -2.02. The summed E-state index contributed by atoms with van der Waals surface area (Å²) in [5.41, 5.74) is -0.648. The van der Waals surface area contributed by atoms with Crippen LogP contribution in [0.5, 0.6) is 0 Å². The summed E-state index contributed by atoms with van der Waals surface area (Å²) >= 11 is 0. The Morgan fingerprint density at radius 1 is 1.42 bits per heavy atom. The number of aromatic nitrogens is 1. The fourth-order valence-electron chi connectivity index (χ4n) is 3.58. The average molecular weight is 262 g/mol. The van der Waals surface area contributed by atoms with Gasteiger partial charge in [-0.1, -0.05) is 0 Å². The third-order valence-corrected chi connectivity index (χ3v) is 4.61. The molecular formula is C12H14N4O3. The van der Waals surface area contributed by atoms with Crippen LogP contribution in [-0.2, 0) is 0 Å². The lowest BCUT2D eigenvalue weighted by molar-refractivity contribution is -0.0561. The fourth-order valence-corrected chi connectivity index (χ4v) is 3.58. The molecular weight excluding hydrogens is 248 g/mol. The Balaban J connectivity index is 1.81. The van der Waals surface area contributed by atoms with Gasteiger partial charge in [-0.05, 0) is 12.1 Å². The Labute approximate surface area is 109 Å². The Morgan fingerprint density at radius 3 is 3.00 bits per heavy atom. The smallest absolute Gasteiger partial charge is 0.319 e. The molecule has 0 bridgehead atoms. The molecule has 4 unspecified atom stereocenters. The van der Waals surface area contributed by atoms with Crippen LogP contribution in [0.4, 0.5) is 4.79 Å². The summed E-state index contributed by atoms with van der Waals surface area (Å²) in [4.78, 5) is 25.0. The number of hydrogen-bond acceptors (Lipinski definition) is 3. The van der Waals surface area contributed by atoms with Crippen molar-refractivity contribution >= 4 is 11.9 Å². The van der Waals surface area contributed by atoms with E-state index in [0.29, 0.717) is 12.1 Å². The number of urea groups is 1. The lowest BCUT2D eigenvalue weighted by Gasteiger charge is -2.31. The summed E-state index contributed by atoms with van der Waals surface area (Å²) in [6.07, 6.45) is 2.25. The predicted octanol–water partition coefficient (Wildman–Crippen LogP) is -0.743. The molecule has 4 atom stereocenters. The second-order valence-corrected chi connectivity index (χ2v) is 5.44. The van der Waals surface area contributed by atoms with Crippen molar-refractivity contribution in [2.45, 2.75) is 30.3 Å². The van der Waals surface area contributed by atoms with Crippen LogP contribution < -0.4 is 10.6 Å². The number of hydrogen-bond donors (Lipinski definition) is 3. The fraction of sp³-hybridized carbons (Fsp3) is 0.500. The van der Waals surface area contributed by atoms with Gasteiger partial charge in [0.05, 0.1) is 12.1 Å². The second kappa shape index (κ2) is 3.11. The maximum Gasteiger partial charge on any atom is 0.319 e. The lowest BCUT2D eigenvalue weighted by Crippen LogP contribution is -2.56. The maximum absolute atomic E-state index is 12.0. The van der Waals surface area contributed by atoms with E-state index in [1.165, 1.54) is 4.90 Å². The highest BCUT2D eigenvalue weighted by atomic mass is 16.3. The SMILES string of the molecule is CN1C(=O)NC2C3NC(=O)c4cccn4C3CC21O. The van der Waals surface area contributed by atoms with Gasteiger partial charge in [0.2, 0.25) is 0 Å². The van der Waals surface area contributed by atoms with Crippen molar-refractivity contribution in [3.05, 3.63) is 24.0 Å². The van der Waals surface area contributed by atoms with Crippen LogP contribution in [0, 0.1) is 0 Å².